The number of nitrogens with zero attached hydrogens (tertiary/aromatic N) is 3. The van der Waals surface area contributed by atoms with Gasteiger partial charge in [-0.1, -0.05) is 0 Å². The molecule has 7 rings (SSSR count). The Balaban J connectivity index is 1.10. The van der Waals surface area contributed by atoms with E-state index in [1.54, 1.807) is 7.11 Å². The zero-order valence-corrected chi connectivity index (χ0v) is 31.2. The van der Waals surface area contributed by atoms with E-state index in [9.17, 15) is 0 Å². The maximum atomic E-state index is 6.34. The molecule has 0 aromatic rings. The van der Waals surface area contributed by atoms with E-state index in [4.69, 9.17) is 40.1 Å². The van der Waals surface area contributed by atoms with Gasteiger partial charge in [-0.05, 0) is 43.8 Å². The Labute approximate surface area is 270 Å². The molecule has 0 amide bonds. The first-order chi connectivity index (χ1) is 21.7. The third kappa shape index (κ3) is 11.9. The van der Waals surface area contributed by atoms with Crippen LogP contribution in [0.1, 0.15) is 19.3 Å². The number of hydrogen-bond donors (Lipinski definition) is 0. The van der Waals surface area contributed by atoms with E-state index in [0.29, 0.717) is 0 Å². The van der Waals surface area contributed by atoms with Crippen LogP contribution in [-0.2, 0) is 40.1 Å². The molecule has 0 unspecified atom stereocenters. The lowest BCUT2D eigenvalue weighted by Crippen LogP contribution is -2.55. The summed E-state index contributed by atoms with van der Waals surface area (Å²) in [6.07, 6.45) is 7.09. The van der Waals surface area contributed by atoms with E-state index >= 15 is 0 Å². The van der Waals surface area contributed by atoms with Crippen molar-refractivity contribution in [1.82, 2.24) is 14.7 Å². The maximum Gasteiger partial charge on any atom is 0.501 e. The zero-order valence-electron chi connectivity index (χ0n) is 27.1. The fraction of sp³-hybridized carbons (Fsp3) is 1.00. The summed E-state index contributed by atoms with van der Waals surface area (Å²) in [6, 6.07) is 2.95. The summed E-state index contributed by atoms with van der Waals surface area (Å²) >= 11 is 0. The summed E-state index contributed by atoms with van der Waals surface area (Å²) in [4.78, 5) is 7.13. The quantitative estimate of drug-likeness (QED) is 0.184. The van der Waals surface area contributed by atoms with Crippen molar-refractivity contribution >= 4 is 34.8 Å². The molecule has 7 aliphatic rings. The van der Waals surface area contributed by atoms with Crippen LogP contribution in [0.25, 0.3) is 0 Å². The first-order valence-electron chi connectivity index (χ1n) is 17.1. The Hall–Kier alpha value is 0.601. The summed E-state index contributed by atoms with van der Waals surface area (Å²) < 4.78 is 55.8. The fourth-order valence-corrected chi connectivity index (χ4v) is 16.7. The monoisotopic (exact) mass is 695 g/mol. The van der Waals surface area contributed by atoms with Crippen molar-refractivity contribution in [3.63, 3.8) is 0 Å². The van der Waals surface area contributed by atoms with Crippen LogP contribution in [-0.4, -0.2) is 186 Å². The summed E-state index contributed by atoms with van der Waals surface area (Å²) in [5.41, 5.74) is 0. The van der Waals surface area contributed by atoms with E-state index < -0.39 is 26.9 Å². The fourth-order valence-electron chi connectivity index (χ4n) is 6.59. The Kier molecular flexibility index (Phi) is 16.0. The number of ether oxygens (including phenoxy) is 1. The second-order valence-electron chi connectivity index (χ2n) is 12.3. The lowest BCUT2D eigenvalue weighted by atomic mass is 10.4. The third-order valence-corrected chi connectivity index (χ3v) is 20.0. The van der Waals surface area contributed by atoms with Gasteiger partial charge in [0.05, 0.1) is 46.2 Å². The molecule has 16 heteroatoms. The third-order valence-electron chi connectivity index (χ3n) is 9.24. The molecule has 12 nitrogen and oxygen atoms in total. The smallest absolute Gasteiger partial charge is 0.395 e. The highest BCUT2D eigenvalue weighted by Gasteiger charge is 2.45. The zero-order chi connectivity index (χ0) is 30.3. The summed E-state index contributed by atoms with van der Waals surface area (Å²) in [5, 5.41) is 0. The Morgan fingerprint density at radius 3 is 1.45 bits per heavy atom. The Bertz CT molecular complexity index is 710. The molecule has 0 aromatic heterocycles. The SMILES string of the molecule is COCCN1CCO[SiH](CCCP(CCC[Si]23OCCN(CCO2)CCO3)CCC[Si]23OCCN(CCO2)CCO3)OCC1. The van der Waals surface area contributed by atoms with Crippen molar-refractivity contribution in [2.24, 2.45) is 0 Å². The average Bonchev–Trinajstić information content (AvgIpc) is 2.94. The Morgan fingerprint density at radius 2 is 1.02 bits per heavy atom. The van der Waals surface area contributed by atoms with E-state index in [0.717, 1.165) is 149 Å². The number of hydrogen-bond acceptors (Lipinski definition) is 12. The van der Waals surface area contributed by atoms with Gasteiger partial charge in [-0.3, -0.25) is 14.7 Å². The van der Waals surface area contributed by atoms with Crippen molar-refractivity contribution in [1.29, 1.82) is 0 Å². The normalized spacial score (nSPS) is 33.8. The lowest BCUT2D eigenvalue weighted by Gasteiger charge is -2.38. The molecule has 0 atom stereocenters. The minimum Gasteiger partial charge on any atom is -0.395 e. The van der Waals surface area contributed by atoms with Gasteiger partial charge < -0.3 is 40.1 Å². The highest BCUT2D eigenvalue weighted by molar-refractivity contribution is 7.57. The van der Waals surface area contributed by atoms with Crippen molar-refractivity contribution in [2.45, 2.75) is 37.4 Å². The minimum atomic E-state index is -2.58. The van der Waals surface area contributed by atoms with Gasteiger partial charge in [0.1, 0.15) is 0 Å². The molecule has 0 aromatic carbocycles. The number of methoxy groups -OCH3 is 1. The van der Waals surface area contributed by atoms with Gasteiger partial charge >= 0.3 is 26.9 Å². The molecule has 0 N–H and O–H groups in total. The highest BCUT2D eigenvalue weighted by atomic mass is 31.1. The van der Waals surface area contributed by atoms with Crippen LogP contribution in [0.4, 0.5) is 0 Å². The van der Waals surface area contributed by atoms with Gasteiger partial charge in [-0.25, -0.2) is 0 Å². The molecule has 0 radical (unpaired) electrons. The topological polar surface area (TPSA) is 92.8 Å². The van der Waals surface area contributed by atoms with Crippen LogP contribution in [0, 0.1) is 0 Å². The van der Waals surface area contributed by atoms with Crippen LogP contribution in [0.5, 0.6) is 0 Å². The van der Waals surface area contributed by atoms with Gasteiger partial charge in [0.2, 0.25) is 0 Å². The molecule has 7 heterocycles. The van der Waals surface area contributed by atoms with Crippen molar-refractivity contribution in [3.8, 4) is 0 Å². The van der Waals surface area contributed by atoms with Crippen LogP contribution >= 0.6 is 7.92 Å². The second kappa shape index (κ2) is 19.6. The van der Waals surface area contributed by atoms with E-state index in [1.165, 1.54) is 24.9 Å². The minimum absolute atomic E-state index is 0.151. The van der Waals surface area contributed by atoms with Crippen LogP contribution < -0.4 is 0 Å². The number of fused-ring (bicyclic) bond motifs is 12. The molecule has 7 fully saturated rings. The van der Waals surface area contributed by atoms with Gasteiger partial charge in [-0.15, -0.1) is 7.92 Å². The van der Waals surface area contributed by atoms with Crippen LogP contribution in [0.15, 0.2) is 0 Å². The van der Waals surface area contributed by atoms with Crippen molar-refractivity contribution < 1.29 is 40.1 Å². The lowest BCUT2D eigenvalue weighted by molar-refractivity contribution is -0.00873. The van der Waals surface area contributed by atoms with Crippen LogP contribution in [0.2, 0.25) is 18.1 Å². The summed E-state index contributed by atoms with van der Waals surface area (Å²) in [7, 11) is -5.19. The highest BCUT2D eigenvalue weighted by Crippen LogP contribution is 2.41. The average molecular weight is 696 g/mol. The molecular formula is C28H58N3O9PSi3. The standard InChI is InChI=1S/C28H58N3O9PSi3/c1-32-14-5-29-6-15-33-42(34-16-7-29)26-2-23-41(24-3-27-43-35-17-8-30(9-18-36-43)10-19-37-43)25-4-28-44-38-20-11-31(12-21-39-44)13-22-40-44/h42H,2-28H2,1H3. The predicted molar refractivity (Wildman–Crippen MR) is 177 cm³/mol. The second-order valence-corrected chi connectivity index (χ2v) is 22.6. The Morgan fingerprint density at radius 1 is 0.591 bits per heavy atom. The molecule has 0 aliphatic carbocycles. The molecule has 0 saturated carbocycles. The van der Waals surface area contributed by atoms with Gasteiger partial charge in [0.15, 0.2) is 0 Å². The van der Waals surface area contributed by atoms with Crippen molar-refractivity contribution in [3.05, 3.63) is 0 Å². The van der Waals surface area contributed by atoms with E-state index in [-0.39, 0.29) is 7.92 Å². The molecule has 256 valence electrons. The largest absolute Gasteiger partial charge is 0.501 e. The number of rotatable bonds is 15. The summed E-state index contributed by atoms with van der Waals surface area (Å²) in [5.74, 6) is 0. The summed E-state index contributed by atoms with van der Waals surface area (Å²) in [6.45, 7) is 15.4. The molecular weight excluding hydrogens is 638 g/mol. The molecule has 7 aliphatic heterocycles. The van der Waals surface area contributed by atoms with Gasteiger partial charge in [0, 0.05) is 91.3 Å². The van der Waals surface area contributed by atoms with Crippen molar-refractivity contribution in [2.75, 3.05) is 144 Å². The molecule has 0 spiro atoms. The van der Waals surface area contributed by atoms with Gasteiger partial charge in [-0.2, -0.15) is 0 Å². The predicted octanol–water partition coefficient (Wildman–Crippen LogP) is 1.49. The molecule has 7 saturated heterocycles. The van der Waals surface area contributed by atoms with E-state index in [1.807, 2.05) is 0 Å². The maximum absolute atomic E-state index is 6.34. The van der Waals surface area contributed by atoms with Gasteiger partial charge in [0.25, 0.3) is 0 Å². The van der Waals surface area contributed by atoms with Crippen LogP contribution in [0.3, 0.4) is 0 Å². The first kappa shape index (κ1) is 35.9. The molecule has 4 bridgehead atoms. The molecule has 44 heavy (non-hydrogen) atoms. The van der Waals surface area contributed by atoms with E-state index in [2.05, 4.69) is 14.7 Å². The first-order valence-corrected chi connectivity index (χ1v) is 24.6.